The van der Waals surface area contributed by atoms with Crippen LogP contribution in [0, 0.1) is 0 Å². The maximum absolute atomic E-state index is 12.0. The van der Waals surface area contributed by atoms with Gasteiger partial charge in [0.2, 0.25) is 0 Å². The number of carbonyl (C=O) groups excluding carboxylic acids is 1. The molecule has 2 aromatic rings. The highest BCUT2D eigenvalue weighted by atomic mass is 35.5. The first-order chi connectivity index (χ1) is 11.1. The zero-order chi connectivity index (χ0) is 16.8. The van der Waals surface area contributed by atoms with E-state index in [9.17, 15) is 4.79 Å². The highest BCUT2D eigenvalue weighted by Gasteiger charge is 2.16. The Bertz CT molecular complexity index is 712. The third-order valence-electron chi connectivity index (χ3n) is 2.86. The number of hydrogen-bond acceptors (Lipinski definition) is 7. The van der Waals surface area contributed by atoms with Gasteiger partial charge < -0.3 is 14.8 Å². The smallest absolute Gasteiger partial charge is 0.343 e. The maximum atomic E-state index is 12.0. The van der Waals surface area contributed by atoms with Gasteiger partial charge in [-0.2, -0.15) is 0 Å². The number of anilines is 2. The fourth-order valence-electron chi connectivity index (χ4n) is 1.80. The van der Waals surface area contributed by atoms with E-state index >= 15 is 0 Å². The van der Waals surface area contributed by atoms with Crippen LogP contribution in [0.4, 0.5) is 11.5 Å². The summed E-state index contributed by atoms with van der Waals surface area (Å²) in [6.07, 6.45) is 3.30. The summed E-state index contributed by atoms with van der Waals surface area (Å²) >= 11 is 7.49. The molecule has 1 N–H and O–H groups in total. The van der Waals surface area contributed by atoms with Gasteiger partial charge in [0.1, 0.15) is 17.1 Å². The van der Waals surface area contributed by atoms with Gasteiger partial charge in [0.15, 0.2) is 5.16 Å². The molecule has 0 aliphatic heterocycles. The van der Waals surface area contributed by atoms with E-state index in [1.54, 1.807) is 32.2 Å². The van der Waals surface area contributed by atoms with Crippen molar-refractivity contribution in [2.45, 2.75) is 12.1 Å². The summed E-state index contributed by atoms with van der Waals surface area (Å²) in [4.78, 5) is 20.5. The first-order valence-electron chi connectivity index (χ1n) is 6.77. The lowest BCUT2D eigenvalue weighted by Crippen LogP contribution is -2.10. The molecule has 23 heavy (non-hydrogen) atoms. The summed E-state index contributed by atoms with van der Waals surface area (Å²) in [5.41, 5.74) is 0.934. The molecule has 0 unspecified atom stereocenters. The average molecular weight is 354 g/mol. The lowest BCUT2D eigenvalue weighted by atomic mass is 10.2. The summed E-state index contributed by atoms with van der Waals surface area (Å²) < 4.78 is 10.1. The van der Waals surface area contributed by atoms with Crippen molar-refractivity contribution in [1.29, 1.82) is 0 Å². The SMILES string of the molecule is CCOC(=O)c1cnc(SC)nc1Nc1ccc(OC)c(Cl)c1. The molecule has 0 saturated heterocycles. The second kappa shape index (κ2) is 8.03. The fourth-order valence-corrected chi connectivity index (χ4v) is 2.40. The molecule has 122 valence electrons. The number of carbonyl (C=O) groups is 1. The van der Waals surface area contributed by atoms with E-state index in [0.29, 0.717) is 27.4 Å². The molecule has 0 aliphatic rings. The Morgan fingerprint density at radius 3 is 2.83 bits per heavy atom. The van der Waals surface area contributed by atoms with Gasteiger partial charge in [0, 0.05) is 11.9 Å². The predicted octanol–water partition coefficient (Wildman–Crippen LogP) is 3.78. The summed E-state index contributed by atoms with van der Waals surface area (Å²) in [5, 5.41) is 4.07. The molecule has 0 atom stereocenters. The van der Waals surface area contributed by atoms with Gasteiger partial charge in [-0.1, -0.05) is 23.4 Å². The van der Waals surface area contributed by atoms with Crippen molar-refractivity contribution in [3.63, 3.8) is 0 Å². The number of nitrogens with zero attached hydrogens (tertiary/aromatic N) is 2. The number of ether oxygens (including phenoxy) is 2. The zero-order valence-electron chi connectivity index (χ0n) is 12.9. The van der Waals surface area contributed by atoms with Crippen molar-refractivity contribution in [2.24, 2.45) is 0 Å². The van der Waals surface area contributed by atoms with Gasteiger partial charge in [0.05, 0.1) is 18.7 Å². The minimum atomic E-state index is -0.484. The number of rotatable bonds is 6. The number of nitrogens with one attached hydrogen (secondary N) is 1. The molecule has 0 aliphatic carbocycles. The Balaban J connectivity index is 2.36. The Morgan fingerprint density at radius 1 is 1.43 bits per heavy atom. The van der Waals surface area contributed by atoms with Crippen molar-refractivity contribution >= 4 is 40.8 Å². The van der Waals surface area contributed by atoms with Crippen LogP contribution in [-0.4, -0.2) is 35.9 Å². The summed E-state index contributed by atoms with van der Waals surface area (Å²) in [7, 11) is 1.54. The van der Waals surface area contributed by atoms with Crippen LogP contribution in [0.5, 0.6) is 5.75 Å². The minimum Gasteiger partial charge on any atom is -0.495 e. The van der Waals surface area contributed by atoms with Crippen molar-refractivity contribution in [1.82, 2.24) is 9.97 Å². The van der Waals surface area contributed by atoms with Crippen LogP contribution in [0.25, 0.3) is 0 Å². The molecule has 6 nitrogen and oxygen atoms in total. The topological polar surface area (TPSA) is 73.3 Å². The number of thioether (sulfide) groups is 1. The number of esters is 1. The summed E-state index contributed by atoms with van der Waals surface area (Å²) in [6, 6.07) is 5.20. The van der Waals surface area contributed by atoms with Crippen molar-refractivity contribution in [2.75, 3.05) is 25.3 Å². The molecule has 0 radical (unpaired) electrons. The van der Waals surface area contributed by atoms with Crippen LogP contribution in [0.15, 0.2) is 29.6 Å². The first kappa shape index (κ1) is 17.4. The number of aromatic nitrogens is 2. The largest absolute Gasteiger partial charge is 0.495 e. The van der Waals surface area contributed by atoms with E-state index in [-0.39, 0.29) is 12.2 Å². The molecular weight excluding hydrogens is 338 g/mol. The summed E-state index contributed by atoms with van der Waals surface area (Å²) in [6.45, 7) is 2.02. The van der Waals surface area contributed by atoms with Crippen molar-refractivity contribution in [3.05, 3.63) is 35.0 Å². The van der Waals surface area contributed by atoms with Crippen molar-refractivity contribution in [3.8, 4) is 5.75 Å². The first-order valence-corrected chi connectivity index (χ1v) is 8.38. The van der Waals surface area contributed by atoms with E-state index in [0.717, 1.165) is 0 Å². The van der Waals surface area contributed by atoms with Gasteiger partial charge >= 0.3 is 5.97 Å². The molecule has 0 saturated carbocycles. The van der Waals surface area contributed by atoms with Gasteiger partial charge in [-0.3, -0.25) is 0 Å². The lowest BCUT2D eigenvalue weighted by molar-refractivity contribution is 0.0526. The molecule has 8 heteroatoms. The van der Waals surface area contributed by atoms with Crippen LogP contribution >= 0.6 is 23.4 Å². The van der Waals surface area contributed by atoms with E-state index in [1.165, 1.54) is 18.0 Å². The fraction of sp³-hybridized carbons (Fsp3) is 0.267. The third kappa shape index (κ3) is 4.27. The molecule has 0 amide bonds. The second-order valence-corrected chi connectivity index (χ2v) is 5.49. The van der Waals surface area contributed by atoms with Crippen LogP contribution in [0.2, 0.25) is 5.02 Å². The van der Waals surface area contributed by atoms with E-state index < -0.39 is 5.97 Å². The van der Waals surface area contributed by atoms with Crippen LogP contribution in [-0.2, 0) is 4.74 Å². The predicted molar refractivity (Wildman–Crippen MR) is 91.1 cm³/mol. The van der Waals surface area contributed by atoms with Gasteiger partial charge in [-0.15, -0.1) is 0 Å². The highest BCUT2D eigenvalue weighted by Crippen LogP contribution is 2.29. The maximum Gasteiger partial charge on any atom is 0.343 e. The average Bonchev–Trinajstić information content (AvgIpc) is 2.55. The zero-order valence-corrected chi connectivity index (χ0v) is 14.5. The Kier molecular flexibility index (Phi) is 6.06. The standard InChI is InChI=1S/C15H16ClN3O3S/c1-4-22-14(20)10-8-17-15(23-3)19-13(10)18-9-5-6-12(21-2)11(16)7-9/h5-8H,4H2,1-3H3,(H,17,18,19). The normalized spacial score (nSPS) is 10.3. The Hall–Kier alpha value is -1.99. The lowest BCUT2D eigenvalue weighted by Gasteiger charge is -2.12. The van der Waals surface area contributed by atoms with Gasteiger partial charge in [0.25, 0.3) is 0 Å². The molecule has 0 bridgehead atoms. The monoisotopic (exact) mass is 353 g/mol. The molecule has 2 rings (SSSR count). The molecule has 0 fully saturated rings. The highest BCUT2D eigenvalue weighted by molar-refractivity contribution is 7.98. The number of hydrogen-bond donors (Lipinski definition) is 1. The third-order valence-corrected chi connectivity index (χ3v) is 3.72. The number of methoxy groups -OCH3 is 1. The summed E-state index contributed by atoms with van der Waals surface area (Å²) in [5.74, 6) is 0.446. The molecule has 0 spiro atoms. The number of benzene rings is 1. The van der Waals surface area contributed by atoms with Crippen LogP contribution in [0.1, 0.15) is 17.3 Å². The van der Waals surface area contributed by atoms with Crippen LogP contribution in [0.3, 0.4) is 0 Å². The molecule has 1 aromatic heterocycles. The molecular formula is C15H16ClN3O3S. The Morgan fingerprint density at radius 2 is 2.22 bits per heavy atom. The Labute approximate surface area is 143 Å². The van der Waals surface area contributed by atoms with Crippen molar-refractivity contribution < 1.29 is 14.3 Å². The minimum absolute atomic E-state index is 0.261. The molecule has 1 heterocycles. The second-order valence-electron chi connectivity index (χ2n) is 4.31. The quantitative estimate of drug-likeness (QED) is 0.481. The number of halogens is 1. The van der Waals surface area contributed by atoms with E-state index in [1.807, 2.05) is 6.26 Å². The van der Waals surface area contributed by atoms with E-state index in [4.69, 9.17) is 21.1 Å². The van der Waals surface area contributed by atoms with E-state index in [2.05, 4.69) is 15.3 Å². The van der Waals surface area contributed by atoms with Crippen LogP contribution < -0.4 is 10.1 Å². The molecule has 1 aromatic carbocycles. The van der Waals surface area contributed by atoms with Gasteiger partial charge in [-0.25, -0.2) is 14.8 Å². The van der Waals surface area contributed by atoms with Gasteiger partial charge in [-0.05, 0) is 31.4 Å².